The molecule has 1 fully saturated rings. The molecule has 1 aliphatic rings. The number of unbranched alkanes of at least 4 members (excludes halogenated alkanes) is 13. The molecule has 17 nitrogen and oxygen atoms in total. The van der Waals surface area contributed by atoms with E-state index in [0.29, 0.717) is 32.1 Å². The van der Waals surface area contributed by atoms with Crippen LogP contribution in [0.25, 0.3) is 0 Å². The SMILES string of the molecule is CCCCC[C@H](O)/C=C/[C@H]1OC(O)C[C@H](O)[C@@H]1C/C=C\CCCC(=O)OC[C@H](COP(=O)(O)OC[C@@H](O)COP(=O)(O)O)OC(=O)CCCCCCCCCCCCCC(C)C. The van der Waals surface area contributed by atoms with Gasteiger partial charge in [0.05, 0.1) is 38.1 Å². The zero-order valence-corrected chi connectivity index (χ0v) is 39.2. The molecule has 1 aliphatic heterocycles. The first kappa shape index (κ1) is 58.5. The zero-order chi connectivity index (χ0) is 46.2. The lowest BCUT2D eigenvalue weighted by atomic mass is 9.87. The third kappa shape index (κ3) is 33.0. The Labute approximate surface area is 369 Å². The van der Waals surface area contributed by atoms with Crippen molar-refractivity contribution in [3.05, 3.63) is 24.3 Å². The van der Waals surface area contributed by atoms with Crippen molar-refractivity contribution in [2.75, 3.05) is 26.4 Å². The van der Waals surface area contributed by atoms with E-state index in [2.05, 4.69) is 29.8 Å². The summed E-state index contributed by atoms with van der Waals surface area (Å²) < 4.78 is 53.4. The Morgan fingerprint density at radius 1 is 0.726 bits per heavy atom. The Balaban J connectivity index is 2.59. The number of hydrogen-bond donors (Lipinski definition) is 7. The molecule has 364 valence electrons. The van der Waals surface area contributed by atoms with Gasteiger partial charge in [0.1, 0.15) is 12.7 Å². The Hall–Kier alpha value is -1.56. The van der Waals surface area contributed by atoms with Crippen LogP contribution in [0.1, 0.15) is 162 Å². The van der Waals surface area contributed by atoms with E-state index >= 15 is 0 Å². The highest BCUT2D eigenvalue weighted by molar-refractivity contribution is 7.47. The number of phosphoric ester groups is 2. The fourth-order valence-electron chi connectivity index (χ4n) is 6.75. The highest BCUT2D eigenvalue weighted by Crippen LogP contribution is 2.44. The van der Waals surface area contributed by atoms with Crippen LogP contribution in [0.2, 0.25) is 0 Å². The number of esters is 2. The molecule has 0 aromatic heterocycles. The minimum absolute atomic E-state index is 0.00295. The summed E-state index contributed by atoms with van der Waals surface area (Å²) in [6.07, 6.45) is 19.4. The summed E-state index contributed by atoms with van der Waals surface area (Å²) in [5, 5.41) is 40.7. The molecule has 1 rings (SSSR count). The molecule has 0 bridgehead atoms. The van der Waals surface area contributed by atoms with E-state index in [-0.39, 0.29) is 25.2 Å². The lowest BCUT2D eigenvalue weighted by Gasteiger charge is -2.36. The number of carbonyl (C=O) groups excluding carboxylic acids is 2. The summed E-state index contributed by atoms with van der Waals surface area (Å²) in [6, 6.07) is 0. The molecule has 62 heavy (non-hydrogen) atoms. The smallest absolute Gasteiger partial charge is 0.462 e. The molecule has 0 spiro atoms. The summed E-state index contributed by atoms with van der Waals surface area (Å²) in [5.74, 6) is -0.811. The molecule has 19 heteroatoms. The first-order chi connectivity index (χ1) is 29.4. The summed E-state index contributed by atoms with van der Waals surface area (Å²) in [6.45, 7) is 3.64. The van der Waals surface area contributed by atoms with Gasteiger partial charge in [0.2, 0.25) is 0 Å². The molecule has 0 aliphatic carbocycles. The lowest BCUT2D eigenvalue weighted by molar-refractivity contribution is -0.199. The molecule has 0 radical (unpaired) electrons. The van der Waals surface area contributed by atoms with E-state index in [9.17, 15) is 44.0 Å². The van der Waals surface area contributed by atoms with Gasteiger partial charge in [0.25, 0.3) is 0 Å². The minimum atomic E-state index is -4.90. The van der Waals surface area contributed by atoms with Crippen LogP contribution in [0.5, 0.6) is 0 Å². The van der Waals surface area contributed by atoms with Crippen LogP contribution < -0.4 is 0 Å². The quantitative estimate of drug-likeness (QED) is 0.0137. The molecule has 1 saturated heterocycles. The van der Waals surface area contributed by atoms with Crippen molar-refractivity contribution in [1.82, 2.24) is 0 Å². The van der Waals surface area contributed by atoms with Gasteiger partial charge in [-0.05, 0) is 38.0 Å². The maximum Gasteiger partial charge on any atom is 0.472 e. The predicted octanol–water partition coefficient (Wildman–Crippen LogP) is 7.47. The molecular weight excluding hydrogens is 850 g/mol. The molecule has 8 atom stereocenters. The van der Waals surface area contributed by atoms with E-state index in [1.165, 1.54) is 44.9 Å². The van der Waals surface area contributed by atoms with E-state index in [1.54, 1.807) is 12.2 Å². The topological polar surface area (TPSA) is 265 Å². The standard InChI is InChI=1S/C43H80O17P2/c1-4-5-17-23-35(44)27-28-40-38(39(46)29-43(49)60-40)24-19-15-16-20-25-41(47)55-32-37(33-58-62(53,54)57-31-36(45)30-56-61(50,51)52)59-42(48)26-21-14-12-10-8-6-7-9-11-13-18-22-34(2)3/h15,19,27-28,34-40,43-46,49H,4-14,16-18,20-26,29-33H2,1-3H3,(H,53,54)(H2,50,51,52)/b19-15-,28-27+/t35-,36-,37+,38-,39-,40+,43?/m0/s1. The van der Waals surface area contributed by atoms with Gasteiger partial charge in [-0.1, -0.05) is 135 Å². The number of aliphatic hydroxyl groups is 4. The highest BCUT2D eigenvalue weighted by atomic mass is 31.2. The second-order valence-corrected chi connectivity index (χ2v) is 19.4. The lowest BCUT2D eigenvalue weighted by Crippen LogP contribution is -2.43. The van der Waals surface area contributed by atoms with Gasteiger partial charge in [-0.2, -0.15) is 0 Å². The van der Waals surface area contributed by atoms with Gasteiger partial charge >= 0.3 is 27.6 Å². The molecular formula is C43H80O17P2. The van der Waals surface area contributed by atoms with Gasteiger partial charge in [0, 0.05) is 25.2 Å². The van der Waals surface area contributed by atoms with E-state index in [1.807, 2.05) is 12.2 Å². The molecule has 7 N–H and O–H groups in total. The number of hydrogen-bond acceptors (Lipinski definition) is 14. The first-order valence-electron chi connectivity index (χ1n) is 22.8. The van der Waals surface area contributed by atoms with Crippen molar-refractivity contribution < 1.29 is 81.6 Å². The number of phosphoric acid groups is 2. The van der Waals surface area contributed by atoms with Crippen LogP contribution in [0.4, 0.5) is 0 Å². The second kappa shape index (κ2) is 34.7. The van der Waals surface area contributed by atoms with Crippen LogP contribution >= 0.6 is 15.6 Å². The van der Waals surface area contributed by atoms with Crippen molar-refractivity contribution in [3.63, 3.8) is 0 Å². The molecule has 0 aromatic carbocycles. The van der Waals surface area contributed by atoms with E-state index < -0.39 is 90.8 Å². The fourth-order valence-corrected chi connectivity index (χ4v) is 7.90. The zero-order valence-electron chi connectivity index (χ0n) is 37.4. The average Bonchev–Trinajstić information content (AvgIpc) is 3.19. The van der Waals surface area contributed by atoms with Crippen molar-refractivity contribution in [2.24, 2.45) is 11.8 Å². The number of carbonyl (C=O) groups is 2. The Bertz CT molecular complexity index is 1320. The second-order valence-electron chi connectivity index (χ2n) is 16.7. The van der Waals surface area contributed by atoms with Gasteiger partial charge in [0.15, 0.2) is 12.4 Å². The number of aliphatic hydroxyl groups excluding tert-OH is 4. The normalized spacial score (nSPS) is 21.0. The molecule has 2 unspecified atom stereocenters. The van der Waals surface area contributed by atoms with Crippen LogP contribution in [-0.4, -0.2) is 110 Å². The van der Waals surface area contributed by atoms with Crippen LogP contribution in [0.3, 0.4) is 0 Å². The van der Waals surface area contributed by atoms with Gasteiger partial charge in [-0.3, -0.25) is 23.2 Å². The largest absolute Gasteiger partial charge is 0.472 e. The molecule has 0 amide bonds. The number of allylic oxidation sites excluding steroid dienone is 2. The average molecular weight is 931 g/mol. The van der Waals surface area contributed by atoms with Crippen LogP contribution in [0.15, 0.2) is 24.3 Å². The summed E-state index contributed by atoms with van der Waals surface area (Å²) in [4.78, 5) is 53.0. The number of rotatable bonds is 38. The highest BCUT2D eigenvalue weighted by Gasteiger charge is 2.35. The Morgan fingerprint density at radius 3 is 1.94 bits per heavy atom. The Morgan fingerprint density at radius 2 is 1.31 bits per heavy atom. The van der Waals surface area contributed by atoms with E-state index in [0.717, 1.165) is 50.9 Å². The van der Waals surface area contributed by atoms with Crippen molar-refractivity contribution >= 4 is 27.6 Å². The third-order valence-corrected chi connectivity index (χ3v) is 11.7. The van der Waals surface area contributed by atoms with Crippen LogP contribution in [0, 0.1) is 11.8 Å². The third-order valence-electron chi connectivity index (χ3n) is 10.3. The number of ether oxygens (including phenoxy) is 3. The molecule has 0 aromatic rings. The van der Waals surface area contributed by atoms with Crippen molar-refractivity contribution in [1.29, 1.82) is 0 Å². The summed E-state index contributed by atoms with van der Waals surface area (Å²) in [7, 11) is -9.77. The predicted molar refractivity (Wildman–Crippen MR) is 233 cm³/mol. The molecule has 1 heterocycles. The van der Waals surface area contributed by atoms with E-state index in [4.69, 9.17) is 28.5 Å². The maximum absolute atomic E-state index is 12.7. The maximum atomic E-state index is 12.7. The van der Waals surface area contributed by atoms with Crippen LogP contribution in [-0.2, 0) is 46.5 Å². The summed E-state index contributed by atoms with van der Waals surface area (Å²) in [5.41, 5.74) is 0. The minimum Gasteiger partial charge on any atom is -0.462 e. The monoisotopic (exact) mass is 930 g/mol. The van der Waals surface area contributed by atoms with Gasteiger partial charge in [-0.25, -0.2) is 9.13 Å². The summed E-state index contributed by atoms with van der Waals surface area (Å²) >= 11 is 0. The Kier molecular flexibility index (Phi) is 32.8. The van der Waals surface area contributed by atoms with Crippen molar-refractivity contribution in [2.45, 2.75) is 199 Å². The molecule has 0 saturated carbocycles. The van der Waals surface area contributed by atoms with Gasteiger partial charge < -0.3 is 49.3 Å². The van der Waals surface area contributed by atoms with Crippen molar-refractivity contribution in [3.8, 4) is 0 Å². The van der Waals surface area contributed by atoms with Gasteiger partial charge in [-0.15, -0.1) is 0 Å². The fraction of sp³-hybridized carbons (Fsp3) is 0.860. The first-order valence-corrected chi connectivity index (χ1v) is 25.8.